The number of hydrogen-bond donors (Lipinski definition) is 1. The number of aliphatic hydroxyl groups excluding tert-OH is 1. The molecule has 0 fully saturated rings. The Morgan fingerprint density at radius 2 is 2.00 bits per heavy atom. The van der Waals surface area contributed by atoms with Gasteiger partial charge in [-0.1, -0.05) is 30.3 Å². The van der Waals surface area contributed by atoms with E-state index in [-0.39, 0.29) is 5.57 Å². The number of methoxy groups -OCH3 is 1. The van der Waals surface area contributed by atoms with Gasteiger partial charge in [0, 0.05) is 0 Å². The maximum atomic E-state index is 11.0. The summed E-state index contributed by atoms with van der Waals surface area (Å²) in [5.41, 5.74) is 0.380. The quantitative estimate of drug-likeness (QED) is 0.343. The van der Waals surface area contributed by atoms with Crippen LogP contribution in [0.5, 0.6) is 0 Å². The molecule has 4 nitrogen and oxygen atoms in total. The van der Waals surface area contributed by atoms with Gasteiger partial charge in [0.1, 0.15) is 11.6 Å². The molecular weight excluding hydrogens is 194 g/mol. The van der Waals surface area contributed by atoms with E-state index in [0.29, 0.717) is 5.56 Å². The van der Waals surface area contributed by atoms with Crippen LogP contribution in [0.3, 0.4) is 0 Å². The van der Waals surface area contributed by atoms with E-state index < -0.39 is 11.7 Å². The number of carbonyl (C=O) groups excluding carboxylic acids is 1. The maximum absolute atomic E-state index is 11.0. The number of nitriles is 1. The van der Waals surface area contributed by atoms with Crippen molar-refractivity contribution >= 4 is 11.5 Å². The molecule has 4 heteroatoms. The summed E-state index contributed by atoms with van der Waals surface area (Å²) in [6.07, 6.45) is 0. The lowest BCUT2D eigenvalue weighted by molar-refractivity contribution is -0.138. The standard InChI is InChI=1S/C11H9NO3/c1-15-11(14)10(13)9(7-12)8-5-3-2-4-6-8/h2-6,13H,1H3/b10-9+. The fourth-order valence-corrected chi connectivity index (χ4v) is 1.06. The average molecular weight is 203 g/mol. The summed E-state index contributed by atoms with van der Waals surface area (Å²) in [7, 11) is 1.14. The van der Waals surface area contributed by atoms with E-state index in [1.165, 1.54) is 0 Å². The monoisotopic (exact) mass is 203 g/mol. The first-order chi connectivity index (χ1) is 7.20. The topological polar surface area (TPSA) is 70.3 Å². The van der Waals surface area contributed by atoms with Crippen molar-refractivity contribution in [3.05, 3.63) is 41.7 Å². The van der Waals surface area contributed by atoms with Crippen molar-refractivity contribution in [2.24, 2.45) is 0 Å². The molecule has 0 unspecified atom stereocenters. The van der Waals surface area contributed by atoms with Gasteiger partial charge in [0.15, 0.2) is 0 Å². The van der Waals surface area contributed by atoms with Crippen LogP contribution in [0.2, 0.25) is 0 Å². The van der Waals surface area contributed by atoms with Crippen LogP contribution in [-0.4, -0.2) is 18.2 Å². The molecule has 0 bridgehead atoms. The van der Waals surface area contributed by atoms with E-state index in [1.54, 1.807) is 36.4 Å². The van der Waals surface area contributed by atoms with Gasteiger partial charge in [0.05, 0.1) is 7.11 Å². The van der Waals surface area contributed by atoms with Crippen LogP contribution >= 0.6 is 0 Å². The number of ether oxygens (including phenoxy) is 1. The number of benzene rings is 1. The fourth-order valence-electron chi connectivity index (χ4n) is 1.06. The molecule has 0 aliphatic heterocycles. The number of esters is 1. The van der Waals surface area contributed by atoms with Crippen molar-refractivity contribution in [3.63, 3.8) is 0 Å². The second kappa shape index (κ2) is 4.82. The minimum absolute atomic E-state index is 0.0950. The number of aliphatic hydroxyl groups is 1. The Morgan fingerprint density at radius 1 is 1.40 bits per heavy atom. The summed E-state index contributed by atoms with van der Waals surface area (Å²) in [6.45, 7) is 0. The Bertz CT molecular complexity index is 429. The molecule has 0 aliphatic rings. The van der Waals surface area contributed by atoms with Gasteiger partial charge >= 0.3 is 5.97 Å². The van der Waals surface area contributed by atoms with Gasteiger partial charge in [0.25, 0.3) is 0 Å². The van der Waals surface area contributed by atoms with E-state index in [9.17, 15) is 9.90 Å². The number of carbonyl (C=O) groups is 1. The Kier molecular flexibility index (Phi) is 3.47. The van der Waals surface area contributed by atoms with Crippen molar-refractivity contribution in [1.82, 2.24) is 0 Å². The summed E-state index contributed by atoms with van der Waals surface area (Å²) in [5, 5.41) is 18.2. The molecule has 0 saturated heterocycles. The molecule has 0 radical (unpaired) electrons. The molecule has 1 rings (SSSR count). The van der Waals surface area contributed by atoms with Crippen LogP contribution in [-0.2, 0) is 9.53 Å². The van der Waals surface area contributed by atoms with Gasteiger partial charge in [-0.25, -0.2) is 4.79 Å². The molecule has 1 aromatic rings. The second-order valence-electron chi connectivity index (χ2n) is 2.69. The zero-order chi connectivity index (χ0) is 11.3. The predicted octanol–water partition coefficient (Wildman–Crippen LogP) is 1.65. The summed E-state index contributed by atoms with van der Waals surface area (Å²) in [5.74, 6) is -1.60. The van der Waals surface area contributed by atoms with Crippen LogP contribution in [0, 0.1) is 11.3 Å². The first kappa shape index (κ1) is 10.8. The summed E-state index contributed by atoms with van der Waals surface area (Å²) in [4.78, 5) is 11.0. The Morgan fingerprint density at radius 3 is 2.47 bits per heavy atom. The van der Waals surface area contributed by atoms with Gasteiger partial charge in [-0.15, -0.1) is 0 Å². The van der Waals surface area contributed by atoms with Crippen molar-refractivity contribution in [2.45, 2.75) is 0 Å². The zero-order valence-corrected chi connectivity index (χ0v) is 8.10. The number of hydrogen-bond acceptors (Lipinski definition) is 4. The first-order valence-electron chi connectivity index (χ1n) is 4.17. The van der Waals surface area contributed by atoms with Gasteiger partial charge in [0.2, 0.25) is 5.76 Å². The van der Waals surface area contributed by atoms with E-state index in [4.69, 9.17) is 5.26 Å². The highest BCUT2D eigenvalue weighted by atomic mass is 16.5. The number of rotatable bonds is 2. The molecule has 0 aliphatic carbocycles. The lowest BCUT2D eigenvalue weighted by atomic mass is 10.1. The zero-order valence-electron chi connectivity index (χ0n) is 8.10. The normalized spacial score (nSPS) is 11.2. The van der Waals surface area contributed by atoms with Crippen molar-refractivity contribution in [2.75, 3.05) is 7.11 Å². The Balaban J connectivity index is 3.21. The number of allylic oxidation sites excluding steroid dienone is 1. The van der Waals surface area contributed by atoms with Crippen LogP contribution in [0.25, 0.3) is 5.57 Å². The highest BCUT2D eigenvalue weighted by molar-refractivity contribution is 5.98. The molecule has 1 N–H and O–H groups in total. The minimum Gasteiger partial charge on any atom is -0.501 e. The number of nitrogens with zero attached hydrogens (tertiary/aromatic N) is 1. The molecule has 0 aromatic heterocycles. The van der Waals surface area contributed by atoms with Crippen LogP contribution < -0.4 is 0 Å². The Labute approximate surface area is 87.0 Å². The average Bonchev–Trinajstić information content (AvgIpc) is 2.30. The lowest BCUT2D eigenvalue weighted by Crippen LogP contribution is -2.06. The SMILES string of the molecule is COC(=O)/C(O)=C(/C#N)c1ccccc1. The second-order valence-corrected chi connectivity index (χ2v) is 2.69. The molecule has 0 heterocycles. The first-order valence-corrected chi connectivity index (χ1v) is 4.17. The molecule has 0 saturated carbocycles. The van der Waals surface area contributed by atoms with Crippen LogP contribution in [0.15, 0.2) is 36.1 Å². The fraction of sp³-hybridized carbons (Fsp3) is 0.0909. The third-order valence-corrected chi connectivity index (χ3v) is 1.79. The predicted molar refractivity (Wildman–Crippen MR) is 53.6 cm³/mol. The molecule has 1 aromatic carbocycles. The van der Waals surface area contributed by atoms with E-state index >= 15 is 0 Å². The molecule has 0 atom stereocenters. The van der Waals surface area contributed by atoms with Crippen molar-refractivity contribution < 1.29 is 14.6 Å². The summed E-state index contributed by atoms with van der Waals surface area (Å²) in [6, 6.07) is 10.2. The third kappa shape index (κ3) is 2.35. The minimum atomic E-state index is -0.921. The van der Waals surface area contributed by atoms with E-state index in [0.717, 1.165) is 7.11 Å². The van der Waals surface area contributed by atoms with Gasteiger partial charge in [-0.05, 0) is 5.56 Å². The largest absolute Gasteiger partial charge is 0.501 e. The summed E-state index contributed by atoms with van der Waals surface area (Å²) >= 11 is 0. The third-order valence-electron chi connectivity index (χ3n) is 1.79. The van der Waals surface area contributed by atoms with Crippen molar-refractivity contribution in [3.8, 4) is 6.07 Å². The molecular formula is C11H9NO3. The van der Waals surface area contributed by atoms with Crippen LogP contribution in [0.1, 0.15) is 5.56 Å². The Hall–Kier alpha value is -2.28. The molecule has 0 spiro atoms. The smallest absolute Gasteiger partial charge is 0.374 e. The van der Waals surface area contributed by atoms with Gasteiger partial charge < -0.3 is 9.84 Å². The van der Waals surface area contributed by atoms with Crippen LogP contribution in [0.4, 0.5) is 0 Å². The van der Waals surface area contributed by atoms with Crippen molar-refractivity contribution in [1.29, 1.82) is 5.26 Å². The van der Waals surface area contributed by atoms with E-state index in [2.05, 4.69) is 4.74 Å². The van der Waals surface area contributed by atoms with E-state index in [1.807, 2.05) is 0 Å². The highest BCUT2D eigenvalue weighted by Gasteiger charge is 2.15. The molecule has 15 heavy (non-hydrogen) atoms. The maximum Gasteiger partial charge on any atom is 0.374 e. The molecule has 76 valence electrons. The van der Waals surface area contributed by atoms with Gasteiger partial charge in [-0.2, -0.15) is 5.26 Å². The molecule has 0 amide bonds. The summed E-state index contributed by atoms with van der Waals surface area (Å²) < 4.78 is 4.32. The van der Waals surface area contributed by atoms with Gasteiger partial charge in [-0.3, -0.25) is 0 Å². The lowest BCUT2D eigenvalue weighted by Gasteiger charge is -2.01. The highest BCUT2D eigenvalue weighted by Crippen LogP contribution is 2.16.